The van der Waals surface area contributed by atoms with Crippen LogP contribution in [0.2, 0.25) is 0 Å². The fourth-order valence-corrected chi connectivity index (χ4v) is 1.88. The van der Waals surface area contributed by atoms with Crippen molar-refractivity contribution in [2.24, 2.45) is 11.8 Å². The number of carboxylic acids is 1. The van der Waals surface area contributed by atoms with Crippen LogP contribution >= 0.6 is 0 Å². The third-order valence-corrected chi connectivity index (χ3v) is 2.75. The zero-order chi connectivity index (χ0) is 7.84. The van der Waals surface area contributed by atoms with E-state index in [1.807, 2.05) is 0 Å². The van der Waals surface area contributed by atoms with Gasteiger partial charge < -0.3 is 10.4 Å². The fourth-order valence-electron chi connectivity index (χ4n) is 1.88. The van der Waals surface area contributed by atoms with E-state index in [4.69, 9.17) is 5.11 Å². The summed E-state index contributed by atoms with van der Waals surface area (Å²) in [7, 11) is 0. The van der Waals surface area contributed by atoms with Crippen LogP contribution in [0.4, 0.5) is 0 Å². The second-order valence-electron chi connectivity index (χ2n) is 3.63. The predicted molar refractivity (Wildman–Crippen MR) is 40.3 cm³/mol. The van der Waals surface area contributed by atoms with E-state index in [0.717, 1.165) is 18.9 Å². The number of rotatable bonds is 2. The summed E-state index contributed by atoms with van der Waals surface area (Å²) in [5.41, 5.74) is 0. The van der Waals surface area contributed by atoms with Gasteiger partial charge in [-0.3, -0.25) is 4.79 Å². The van der Waals surface area contributed by atoms with E-state index in [1.165, 1.54) is 12.8 Å². The first-order chi connectivity index (χ1) is 5.27. The van der Waals surface area contributed by atoms with Crippen molar-refractivity contribution < 1.29 is 9.90 Å². The molecule has 0 amide bonds. The molecule has 1 heterocycles. The van der Waals surface area contributed by atoms with Gasteiger partial charge in [0.2, 0.25) is 0 Å². The molecule has 2 atom stereocenters. The van der Waals surface area contributed by atoms with Crippen LogP contribution in [-0.2, 0) is 4.79 Å². The standard InChI is InChI=1S/C8H13NO2/c10-8(11)7-3-6(4-9-7)5-1-2-5/h5-7,9H,1-4H2,(H,10,11). The minimum atomic E-state index is -0.687. The van der Waals surface area contributed by atoms with Gasteiger partial charge in [0, 0.05) is 0 Å². The van der Waals surface area contributed by atoms with Crippen molar-refractivity contribution in [3.63, 3.8) is 0 Å². The number of hydrogen-bond acceptors (Lipinski definition) is 2. The van der Waals surface area contributed by atoms with Gasteiger partial charge in [-0.25, -0.2) is 0 Å². The fraction of sp³-hybridized carbons (Fsp3) is 0.875. The van der Waals surface area contributed by atoms with Crippen molar-refractivity contribution in [1.82, 2.24) is 5.32 Å². The Labute approximate surface area is 65.8 Å². The molecular formula is C8H13NO2. The summed E-state index contributed by atoms with van der Waals surface area (Å²) in [5.74, 6) is 0.802. The number of nitrogens with one attached hydrogen (secondary N) is 1. The Bertz CT molecular complexity index is 177. The molecule has 3 heteroatoms. The SMILES string of the molecule is O=C(O)C1CC(C2CC2)CN1. The molecular weight excluding hydrogens is 142 g/mol. The van der Waals surface area contributed by atoms with Crippen molar-refractivity contribution in [3.8, 4) is 0 Å². The highest BCUT2D eigenvalue weighted by molar-refractivity contribution is 5.73. The Morgan fingerprint density at radius 3 is 2.55 bits per heavy atom. The topological polar surface area (TPSA) is 49.3 Å². The molecule has 1 saturated heterocycles. The maximum absolute atomic E-state index is 10.5. The van der Waals surface area contributed by atoms with Crippen molar-refractivity contribution in [2.75, 3.05) is 6.54 Å². The summed E-state index contributed by atoms with van der Waals surface area (Å²) >= 11 is 0. The zero-order valence-corrected chi connectivity index (χ0v) is 6.42. The quantitative estimate of drug-likeness (QED) is 0.609. The first-order valence-corrected chi connectivity index (χ1v) is 4.23. The van der Waals surface area contributed by atoms with Gasteiger partial charge in [-0.15, -0.1) is 0 Å². The van der Waals surface area contributed by atoms with Crippen LogP contribution in [-0.4, -0.2) is 23.7 Å². The maximum Gasteiger partial charge on any atom is 0.320 e. The molecule has 11 heavy (non-hydrogen) atoms. The van der Waals surface area contributed by atoms with Gasteiger partial charge in [0.1, 0.15) is 6.04 Å². The second-order valence-corrected chi connectivity index (χ2v) is 3.63. The molecule has 0 aromatic carbocycles. The number of aliphatic carboxylic acids is 1. The Morgan fingerprint density at radius 1 is 1.36 bits per heavy atom. The molecule has 2 N–H and O–H groups in total. The Balaban J connectivity index is 1.87. The normalized spacial score (nSPS) is 37.5. The predicted octanol–water partition coefficient (Wildman–Crippen LogP) is 0.459. The highest BCUT2D eigenvalue weighted by Crippen LogP contribution is 2.40. The molecule has 2 unspecified atom stereocenters. The minimum absolute atomic E-state index is 0.263. The molecule has 1 saturated carbocycles. The van der Waals surface area contributed by atoms with Gasteiger partial charge in [-0.2, -0.15) is 0 Å². The molecule has 1 aliphatic carbocycles. The molecule has 2 fully saturated rings. The molecule has 2 aliphatic rings. The van der Waals surface area contributed by atoms with E-state index in [2.05, 4.69) is 5.32 Å². The smallest absolute Gasteiger partial charge is 0.320 e. The lowest BCUT2D eigenvalue weighted by atomic mass is 10.0. The van der Waals surface area contributed by atoms with Crippen molar-refractivity contribution in [2.45, 2.75) is 25.3 Å². The highest BCUT2D eigenvalue weighted by Gasteiger charge is 2.38. The lowest BCUT2D eigenvalue weighted by molar-refractivity contribution is -0.139. The van der Waals surface area contributed by atoms with E-state index >= 15 is 0 Å². The molecule has 3 nitrogen and oxygen atoms in total. The maximum atomic E-state index is 10.5. The summed E-state index contributed by atoms with van der Waals surface area (Å²) in [5, 5.41) is 11.7. The summed E-state index contributed by atoms with van der Waals surface area (Å²) in [4.78, 5) is 10.5. The number of hydrogen-bond donors (Lipinski definition) is 2. The summed E-state index contributed by atoms with van der Waals surface area (Å²) in [6, 6.07) is -0.263. The van der Waals surface area contributed by atoms with E-state index in [0.29, 0.717) is 5.92 Å². The Hall–Kier alpha value is -0.570. The van der Waals surface area contributed by atoms with E-state index in [-0.39, 0.29) is 6.04 Å². The molecule has 0 aromatic rings. The lowest BCUT2D eigenvalue weighted by Gasteiger charge is -2.03. The summed E-state index contributed by atoms with van der Waals surface area (Å²) in [6.07, 6.45) is 3.48. The van der Waals surface area contributed by atoms with Crippen LogP contribution in [0.1, 0.15) is 19.3 Å². The van der Waals surface area contributed by atoms with E-state index in [9.17, 15) is 4.79 Å². The van der Waals surface area contributed by atoms with Crippen LogP contribution in [0.15, 0.2) is 0 Å². The monoisotopic (exact) mass is 155 g/mol. The molecule has 62 valence electrons. The summed E-state index contributed by atoms with van der Waals surface area (Å²) in [6.45, 7) is 0.918. The first kappa shape index (κ1) is 7.10. The number of carboxylic acid groups (broad SMARTS) is 1. The van der Waals surface area contributed by atoms with Crippen LogP contribution in [0.5, 0.6) is 0 Å². The molecule has 0 radical (unpaired) electrons. The second kappa shape index (κ2) is 2.48. The summed E-state index contributed by atoms with van der Waals surface area (Å²) < 4.78 is 0. The van der Waals surface area contributed by atoms with Gasteiger partial charge in [0.05, 0.1) is 0 Å². The van der Waals surface area contributed by atoms with Gasteiger partial charge in [-0.05, 0) is 37.6 Å². The zero-order valence-electron chi connectivity index (χ0n) is 6.42. The largest absolute Gasteiger partial charge is 0.480 e. The van der Waals surface area contributed by atoms with E-state index < -0.39 is 5.97 Å². The van der Waals surface area contributed by atoms with Crippen molar-refractivity contribution >= 4 is 5.97 Å². The third-order valence-electron chi connectivity index (χ3n) is 2.75. The van der Waals surface area contributed by atoms with Crippen LogP contribution < -0.4 is 5.32 Å². The van der Waals surface area contributed by atoms with Crippen molar-refractivity contribution in [3.05, 3.63) is 0 Å². The highest BCUT2D eigenvalue weighted by atomic mass is 16.4. The lowest BCUT2D eigenvalue weighted by Crippen LogP contribution is -2.29. The molecule has 0 aromatic heterocycles. The average Bonchev–Trinajstić information content (AvgIpc) is 2.68. The Kier molecular flexibility index (Phi) is 1.60. The third kappa shape index (κ3) is 1.38. The van der Waals surface area contributed by atoms with Gasteiger partial charge >= 0.3 is 5.97 Å². The van der Waals surface area contributed by atoms with Crippen LogP contribution in [0, 0.1) is 11.8 Å². The Morgan fingerprint density at radius 2 is 2.09 bits per heavy atom. The van der Waals surface area contributed by atoms with Crippen molar-refractivity contribution in [1.29, 1.82) is 0 Å². The molecule has 0 bridgehead atoms. The minimum Gasteiger partial charge on any atom is -0.480 e. The van der Waals surface area contributed by atoms with Crippen LogP contribution in [0.3, 0.4) is 0 Å². The average molecular weight is 155 g/mol. The van der Waals surface area contributed by atoms with Gasteiger partial charge in [-0.1, -0.05) is 0 Å². The molecule has 1 aliphatic heterocycles. The van der Waals surface area contributed by atoms with Gasteiger partial charge in [0.15, 0.2) is 0 Å². The number of carbonyl (C=O) groups is 1. The molecule has 0 spiro atoms. The van der Waals surface area contributed by atoms with Gasteiger partial charge in [0.25, 0.3) is 0 Å². The molecule has 2 rings (SSSR count). The first-order valence-electron chi connectivity index (χ1n) is 4.23. The van der Waals surface area contributed by atoms with Crippen LogP contribution in [0.25, 0.3) is 0 Å². The van der Waals surface area contributed by atoms with E-state index in [1.54, 1.807) is 0 Å².